The molecule has 0 saturated carbocycles. The van der Waals surface area contributed by atoms with E-state index in [1.165, 1.54) is 11.5 Å². The third-order valence-corrected chi connectivity index (χ3v) is 4.53. The topological polar surface area (TPSA) is 99.8 Å². The van der Waals surface area contributed by atoms with Gasteiger partial charge in [0.2, 0.25) is 12.7 Å². The first kappa shape index (κ1) is 17.8. The van der Waals surface area contributed by atoms with Gasteiger partial charge >= 0.3 is 5.76 Å². The molecule has 1 N–H and O–H groups in total. The zero-order valence-electron chi connectivity index (χ0n) is 15.2. The number of nitrogens with zero attached hydrogens (tertiary/aromatic N) is 1. The number of hydrogen-bond donors (Lipinski definition) is 1. The zero-order chi connectivity index (χ0) is 19.7. The van der Waals surface area contributed by atoms with Gasteiger partial charge in [0.25, 0.3) is 0 Å². The van der Waals surface area contributed by atoms with Crippen LogP contribution < -0.4 is 20.5 Å². The molecule has 0 aliphatic carbocycles. The highest BCUT2D eigenvalue weighted by Gasteiger charge is 2.20. The van der Waals surface area contributed by atoms with E-state index in [4.69, 9.17) is 13.9 Å². The quantitative estimate of drug-likeness (QED) is 0.658. The minimum Gasteiger partial charge on any atom is -0.454 e. The number of ketones is 1. The molecular formula is C20H18N2O6. The van der Waals surface area contributed by atoms with Crippen LogP contribution in [0.5, 0.6) is 11.5 Å². The summed E-state index contributed by atoms with van der Waals surface area (Å²) in [6, 6.07) is 10.3. The van der Waals surface area contributed by atoms with E-state index >= 15 is 0 Å². The number of para-hydroxylation sites is 2. The Hall–Kier alpha value is -3.55. The molecule has 144 valence electrons. The number of hydrogen-bond acceptors (Lipinski definition) is 6. The third-order valence-electron chi connectivity index (χ3n) is 4.53. The molecule has 0 unspecified atom stereocenters. The highest BCUT2D eigenvalue weighted by Crippen LogP contribution is 2.37. The smallest absolute Gasteiger partial charge is 0.419 e. The Morgan fingerprint density at radius 2 is 1.89 bits per heavy atom. The number of Topliss-reactive ketones (excluding diaryl/α,β-unsaturated/α-hetero) is 1. The Morgan fingerprint density at radius 1 is 1.14 bits per heavy atom. The maximum absolute atomic E-state index is 12.4. The highest BCUT2D eigenvalue weighted by molar-refractivity contribution is 6.04. The number of aryl methyl sites for hydroxylation is 1. The van der Waals surface area contributed by atoms with Crippen molar-refractivity contribution in [2.45, 2.75) is 26.3 Å². The molecule has 8 heteroatoms. The molecule has 0 spiro atoms. The lowest BCUT2D eigenvalue weighted by atomic mass is 10.1. The Bertz CT molecular complexity index is 1130. The van der Waals surface area contributed by atoms with Gasteiger partial charge in [-0.1, -0.05) is 12.1 Å². The molecule has 1 aliphatic rings. The molecule has 2 heterocycles. The number of amides is 1. The molecule has 1 aromatic heterocycles. The molecule has 0 radical (unpaired) electrons. The van der Waals surface area contributed by atoms with Gasteiger partial charge in [0.05, 0.1) is 11.2 Å². The van der Waals surface area contributed by atoms with Crippen LogP contribution in [0.4, 0.5) is 5.69 Å². The first-order valence-corrected chi connectivity index (χ1v) is 8.86. The monoisotopic (exact) mass is 382 g/mol. The largest absolute Gasteiger partial charge is 0.454 e. The summed E-state index contributed by atoms with van der Waals surface area (Å²) in [7, 11) is 0. The van der Waals surface area contributed by atoms with E-state index in [1.54, 1.807) is 30.3 Å². The summed E-state index contributed by atoms with van der Waals surface area (Å²) in [6.07, 6.45) is 0.618. The number of fused-ring (bicyclic) bond motifs is 2. The predicted octanol–water partition coefficient (Wildman–Crippen LogP) is 2.94. The van der Waals surface area contributed by atoms with E-state index in [1.807, 2.05) is 6.07 Å². The second kappa shape index (κ2) is 7.22. The number of anilines is 1. The molecule has 0 bridgehead atoms. The van der Waals surface area contributed by atoms with Gasteiger partial charge in [-0.05, 0) is 31.5 Å². The number of benzene rings is 2. The van der Waals surface area contributed by atoms with Gasteiger partial charge in [0.1, 0.15) is 0 Å². The van der Waals surface area contributed by atoms with Crippen molar-refractivity contribution in [1.82, 2.24) is 4.57 Å². The molecule has 0 fully saturated rings. The van der Waals surface area contributed by atoms with Crippen LogP contribution in [0.1, 0.15) is 30.1 Å². The number of rotatable bonds is 6. The van der Waals surface area contributed by atoms with Crippen molar-refractivity contribution in [3.05, 3.63) is 52.5 Å². The average Bonchev–Trinajstić information content (AvgIpc) is 3.24. The normalized spacial score (nSPS) is 12.3. The average molecular weight is 382 g/mol. The molecule has 1 amide bonds. The molecule has 8 nitrogen and oxygen atoms in total. The lowest BCUT2D eigenvalue weighted by molar-refractivity contribution is -0.116. The van der Waals surface area contributed by atoms with Gasteiger partial charge in [-0.2, -0.15) is 0 Å². The first-order valence-electron chi connectivity index (χ1n) is 8.86. The van der Waals surface area contributed by atoms with E-state index in [0.29, 0.717) is 46.8 Å². The molecule has 2 aromatic carbocycles. The maximum Gasteiger partial charge on any atom is 0.419 e. The molecule has 4 rings (SSSR count). The fourth-order valence-corrected chi connectivity index (χ4v) is 3.17. The number of carbonyl (C=O) groups excluding carboxylic acids is 2. The van der Waals surface area contributed by atoms with Gasteiger partial charge in [0.15, 0.2) is 22.9 Å². The molecule has 0 atom stereocenters. The van der Waals surface area contributed by atoms with E-state index < -0.39 is 5.76 Å². The minimum absolute atomic E-state index is 0.0808. The van der Waals surface area contributed by atoms with E-state index in [-0.39, 0.29) is 24.9 Å². The molecule has 1 aliphatic heterocycles. The fraction of sp³-hybridized carbons (Fsp3) is 0.250. The summed E-state index contributed by atoms with van der Waals surface area (Å²) in [5, 5.41) is 2.75. The number of carbonyl (C=O) groups is 2. The van der Waals surface area contributed by atoms with Crippen molar-refractivity contribution in [2.24, 2.45) is 0 Å². The van der Waals surface area contributed by atoms with Crippen molar-refractivity contribution in [3.63, 3.8) is 0 Å². The summed E-state index contributed by atoms with van der Waals surface area (Å²) >= 11 is 0. The van der Waals surface area contributed by atoms with Crippen LogP contribution in [0.2, 0.25) is 0 Å². The van der Waals surface area contributed by atoms with Gasteiger partial charge in [-0.25, -0.2) is 4.79 Å². The zero-order valence-corrected chi connectivity index (χ0v) is 15.2. The lowest BCUT2D eigenvalue weighted by Crippen LogP contribution is -2.17. The standard InChI is InChI=1S/C20H18N2O6/c1-12(23)13-9-17-18(27-11-26-17)10-14(13)21-19(24)7-4-8-22-15-5-2-3-6-16(15)28-20(22)25/h2-3,5-6,9-10H,4,7-8,11H2,1H3,(H,21,24). The first-order chi connectivity index (χ1) is 13.5. The van der Waals surface area contributed by atoms with E-state index in [9.17, 15) is 14.4 Å². The van der Waals surface area contributed by atoms with Gasteiger partial charge < -0.3 is 19.2 Å². The maximum atomic E-state index is 12.4. The van der Waals surface area contributed by atoms with Crippen molar-refractivity contribution >= 4 is 28.5 Å². The van der Waals surface area contributed by atoms with E-state index in [2.05, 4.69) is 5.32 Å². The molecular weight excluding hydrogens is 364 g/mol. The number of oxazole rings is 1. The van der Waals surface area contributed by atoms with Gasteiger partial charge in [-0.3, -0.25) is 14.2 Å². The van der Waals surface area contributed by atoms with E-state index in [0.717, 1.165) is 0 Å². The number of ether oxygens (including phenoxy) is 2. The fourth-order valence-electron chi connectivity index (χ4n) is 3.17. The Balaban J connectivity index is 1.43. The Kier molecular flexibility index (Phi) is 4.60. The van der Waals surface area contributed by atoms with Crippen molar-refractivity contribution in [3.8, 4) is 11.5 Å². The summed E-state index contributed by atoms with van der Waals surface area (Å²) in [5.41, 5.74) is 1.95. The Morgan fingerprint density at radius 3 is 2.68 bits per heavy atom. The highest BCUT2D eigenvalue weighted by atomic mass is 16.7. The molecule has 0 saturated heterocycles. The van der Waals surface area contributed by atoms with Crippen LogP contribution in [-0.4, -0.2) is 23.1 Å². The number of aromatic nitrogens is 1. The van der Waals surface area contributed by atoms with Crippen LogP contribution in [0.25, 0.3) is 11.1 Å². The van der Waals surface area contributed by atoms with Crippen molar-refractivity contribution in [2.75, 3.05) is 12.1 Å². The predicted molar refractivity (Wildman–Crippen MR) is 101 cm³/mol. The van der Waals surface area contributed by atoms with Gasteiger partial charge in [-0.15, -0.1) is 0 Å². The van der Waals surface area contributed by atoms with Crippen LogP contribution in [-0.2, 0) is 11.3 Å². The third kappa shape index (κ3) is 3.36. The second-order valence-electron chi connectivity index (χ2n) is 6.45. The van der Waals surface area contributed by atoms with Crippen molar-refractivity contribution < 1.29 is 23.5 Å². The summed E-state index contributed by atoms with van der Waals surface area (Å²) < 4.78 is 17.3. The van der Waals surface area contributed by atoms with Crippen LogP contribution in [0.3, 0.4) is 0 Å². The summed E-state index contributed by atoms with van der Waals surface area (Å²) in [4.78, 5) is 36.2. The Labute approximate surface area is 159 Å². The van der Waals surface area contributed by atoms with Gasteiger partial charge in [0, 0.05) is 24.6 Å². The SMILES string of the molecule is CC(=O)c1cc2c(cc1NC(=O)CCCn1c(=O)oc3ccccc31)OCO2. The summed E-state index contributed by atoms with van der Waals surface area (Å²) in [6.45, 7) is 1.85. The lowest BCUT2D eigenvalue weighted by Gasteiger charge is -2.10. The number of nitrogens with one attached hydrogen (secondary N) is 1. The minimum atomic E-state index is -0.448. The van der Waals surface area contributed by atoms with Crippen molar-refractivity contribution in [1.29, 1.82) is 0 Å². The van der Waals surface area contributed by atoms with Crippen LogP contribution in [0, 0.1) is 0 Å². The second-order valence-corrected chi connectivity index (χ2v) is 6.45. The van der Waals surface area contributed by atoms with Crippen LogP contribution in [0.15, 0.2) is 45.6 Å². The van der Waals surface area contributed by atoms with Crippen LogP contribution >= 0.6 is 0 Å². The molecule has 3 aromatic rings. The molecule has 28 heavy (non-hydrogen) atoms. The summed E-state index contributed by atoms with van der Waals surface area (Å²) in [5.74, 6) is 0.0645.